The molecule has 1 saturated heterocycles. The van der Waals surface area contributed by atoms with Crippen molar-refractivity contribution in [1.82, 2.24) is 9.80 Å². The predicted molar refractivity (Wildman–Crippen MR) is 101 cm³/mol. The summed E-state index contributed by atoms with van der Waals surface area (Å²) in [5.74, 6) is 1.18. The van der Waals surface area contributed by atoms with Crippen LogP contribution in [0.25, 0.3) is 0 Å². The van der Waals surface area contributed by atoms with Crippen LogP contribution in [0.4, 0.5) is 4.79 Å². The number of fused-ring (bicyclic) bond motifs is 1. The van der Waals surface area contributed by atoms with Gasteiger partial charge in [-0.15, -0.1) is 0 Å². The molecule has 3 atom stereocenters. The van der Waals surface area contributed by atoms with Gasteiger partial charge in [-0.2, -0.15) is 0 Å². The molecule has 2 aliphatic rings. The maximum atomic E-state index is 12.3. The topological polar surface area (TPSA) is 32.8 Å². The average molecular weight is 365 g/mol. The third-order valence-electron chi connectivity index (χ3n) is 5.38. The maximum absolute atomic E-state index is 12.3. The Bertz CT molecular complexity index is 614. The van der Waals surface area contributed by atoms with Gasteiger partial charge in [-0.25, -0.2) is 4.79 Å². The van der Waals surface area contributed by atoms with Gasteiger partial charge >= 0.3 is 6.09 Å². The van der Waals surface area contributed by atoms with Gasteiger partial charge in [0.2, 0.25) is 0 Å². The number of carbonyl (C=O) groups is 1. The van der Waals surface area contributed by atoms with Crippen LogP contribution in [0.3, 0.4) is 0 Å². The third-order valence-corrected chi connectivity index (χ3v) is 5.75. The maximum Gasteiger partial charge on any atom is 0.410 e. The second-order valence-corrected chi connectivity index (χ2v) is 8.94. The molecule has 1 saturated carbocycles. The Morgan fingerprint density at radius 2 is 1.84 bits per heavy atom. The molecule has 0 spiro atoms. The summed E-state index contributed by atoms with van der Waals surface area (Å²) in [6.07, 6.45) is 2.12. The van der Waals surface area contributed by atoms with Crippen LogP contribution in [-0.4, -0.2) is 47.7 Å². The first-order valence-corrected chi connectivity index (χ1v) is 9.52. The van der Waals surface area contributed by atoms with Crippen LogP contribution in [0.2, 0.25) is 5.02 Å². The Hall–Kier alpha value is -1.26. The van der Waals surface area contributed by atoms with Gasteiger partial charge in [0.1, 0.15) is 5.60 Å². The van der Waals surface area contributed by atoms with Gasteiger partial charge in [0.25, 0.3) is 0 Å². The fourth-order valence-corrected chi connectivity index (χ4v) is 4.32. The van der Waals surface area contributed by atoms with Gasteiger partial charge in [0.05, 0.1) is 0 Å². The minimum Gasteiger partial charge on any atom is -0.444 e. The van der Waals surface area contributed by atoms with Crippen molar-refractivity contribution in [2.45, 2.75) is 51.8 Å². The summed E-state index contributed by atoms with van der Waals surface area (Å²) in [5, 5.41) is 0.837. The molecule has 1 aromatic rings. The quantitative estimate of drug-likeness (QED) is 0.796. The van der Waals surface area contributed by atoms with Crippen LogP contribution >= 0.6 is 11.6 Å². The van der Waals surface area contributed by atoms with Crippen molar-refractivity contribution >= 4 is 17.7 Å². The number of ether oxygens (including phenoxy) is 1. The zero-order chi connectivity index (χ0) is 18.2. The van der Waals surface area contributed by atoms with Crippen molar-refractivity contribution in [2.24, 2.45) is 11.8 Å². The van der Waals surface area contributed by atoms with Gasteiger partial charge in [-0.3, -0.25) is 4.90 Å². The van der Waals surface area contributed by atoms with Gasteiger partial charge in [0, 0.05) is 30.7 Å². The summed E-state index contributed by atoms with van der Waals surface area (Å²) in [6, 6.07) is 8.62. The minimum absolute atomic E-state index is 0.164. The van der Waals surface area contributed by atoms with E-state index in [1.165, 1.54) is 5.56 Å². The number of rotatable bonds is 3. The van der Waals surface area contributed by atoms with Crippen LogP contribution in [0.15, 0.2) is 24.3 Å². The molecule has 0 N–H and O–H groups in total. The molecule has 4 nitrogen and oxygen atoms in total. The summed E-state index contributed by atoms with van der Waals surface area (Å²) in [7, 11) is 2.18. The number of nitrogens with zero attached hydrogens (tertiary/aromatic N) is 2. The molecule has 1 aliphatic heterocycles. The number of benzene rings is 1. The molecular weight excluding hydrogens is 336 g/mol. The van der Waals surface area contributed by atoms with E-state index in [9.17, 15) is 4.79 Å². The smallest absolute Gasteiger partial charge is 0.410 e. The lowest BCUT2D eigenvalue weighted by Gasteiger charge is -2.28. The van der Waals surface area contributed by atoms with Crippen molar-refractivity contribution in [2.75, 3.05) is 20.1 Å². The first-order chi connectivity index (χ1) is 11.7. The van der Waals surface area contributed by atoms with Crippen molar-refractivity contribution in [3.8, 4) is 0 Å². The molecule has 0 radical (unpaired) electrons. The summed E-state index contributed by atoms with van der Waals surface area (Å²) in [5.41, 5.74) is 0.756. The molecule has 5 heteroatoms. The van der Waals surface area contributed by atoms with Crippen molar-refractivity contribution in [1.29, 1.82) is 0 Å². The van der Waals surface area contributed by atoms with E-state index in [1.54, 1.807) is 0 Å². The Kier molecular flexibility index (Phi) is 5.31. The Balaban J connectivity index is 1.53. The van der Waals surface area contributed by atoms with E-state index in [1.807, 2.05) is 43.9 Å². The normalized spacial score (nSPS) is 26.2. The van der Waals surface area contributed by atoms with Crippen molar-refractivity contribution in [3.05, 3.63) is 34.9 Å². The molecule has 1 aromatic carbocycles. The zero-order valence-corrected chi connectivity index (χ0v) is 16.4. The molecule has 3 rings (SSSR count). The zero-order valence-electron chi connectivity index (χ0n) is 15.7. The second-order valence-electron chi connectivity index (χ2n) is 8.54. The Morgan fingerprint density at radius 3 is 2.40 bits per heavy atom. The van der Waals surface area contributed by atoms with Gasteiger partial charge < -0.3 is 9.64 Å². The number of hydrogen-bond donors (Lipinski definition) is 0. The number of hydrogen-bond acceptors (Lipinski definition) is 3. The molecule has 1 amide bonds. The molecule has 25 heavy (non-hydrogen) atoms. The van der Waals surface area contributed by atoms with E-state index in [0.29, 0.717) is 17.9 Å². The summed E-state index contributed by atoms with van der Waals surface area (Å²) in [6.45, 7) is 8.29. The van der Waals surface area contributed by atoms with Gasteiger partial charge in [-0.1, -0.05) is 29.8 Å². The SMILES string of the molecule is CN(Cc1ccccc1Cl)[C@@H]1C[C@@H]2CN(C(=O)OC(C)(C)C)C[C@@H]2C1. The third kappa shape index (κ3) is 4.48. The molecule has 0 unspecified atom stereocenters. The van der Waals surface area contributed by atoms with Crippen LogP contribution in [0, 0.1) is 11.8 Å². The lowest BCUT2D eigenvalue weighted by atomic mass is 10.0. The Morgan fingerprint density at radius 1 is 1.24 bits per heavy atom. The van der Waals surface area contributed by atoms with Crippen molar-refractivity contribution < 1.29 is 9.53 Å². The van der Waals surface area contributed by atoms with E-state index in [4.69, 9.17) is 16.3 Å². The van der Waals surface area contributed by atoms with E-state index in [2.05, 4.69) is 18.0 Å². The largest absolute Gasteiger partial charge is 0.444 e. The van der Waals surface area contributed by atoms with Crippen LogP contribution in [-0.2, 0) is 11.3 Å². The molecule has 1 aliphatic carbocycles. The highest BCUT2D eigenvalue weighted by Crippen LogP contribution is 2.40. The van der Waals surface area contributed by atoms with Crippen molar-refractivity contribution in [3.63, 3.8) is 0 Å². The first-order valence-electron chi connectivity index (χ1n) is 9.14. The highest BCUT2D eigenvalue weighted by atomic mass is 35.5. The number of amides is 1. The molecule has 0 bridgehead atoms. The molecular formula is C20H29ClN2O2. The monoisotopic (exact) mass is 364 g/mol. The lowest BCUT2D eigenvalue weighted by Crippen LogP contribution is -2.37. The lowest BCUT2D eigenvalue weighted by molar-refractivity contribution is 0.0275. The van der Waals surface area contributed by atoms with Gasteiger partial charge in [0.15, 0.2) is 0 Å². The second kappa shape index (κ2) is 7.16. The molecule has 138 valence electrons. The fraction of sp³-hybridized carbons (Fsp3) is 0.650. The standard InChI is InChI=1S/C20H29ClN2O2/c1-20(2,3)25-19(24)23-12-15-9-17(10-16(15)13-23)22(4)11-14-7-5-6-8-18(14)21/h5-8,15-17H,9-13H2,1-4H3/t15-,16+,17-. The summed E-state index contributed by atoms with van der Waals surface area (Å²) >= 11 is 6.29. The number of halogens is 1. The highest BCUT2D eigenvalue weighted by Gasteiger charge is 2.44. The van der Waals surface area contributed by atoms with E-state index < -0.39 is 5.60 Å². The van der Waals surface area contributed by atoms with Crippen LogP contribution < -0.4 is 0 Å². The predicted octanol–water partition coefficient (Wildman–Crippen LogP) is 4.42. The van der Waals surface area contributed by atoms with E-state index >= 15 is 0 Å². The molecule has 2 fully saturated rings. The first kappa shape index (κ1) is 18.5. The number of likely N-dealkylation sites (tertiary alicyclic amines) is 1. The summed E-state index contributed by atoms with van der Waals surface area (Å²) < 4.78 is 5.52. The minimum atomic E-state index is -0.424. The van der Waals surface area contributed by atoms with E-state index in [-0.39, 0.29) is 6.09 Å². The highest BCUT2D eigenvalue weighted by molar-refractivity contribution is 6.31. The van der Waals surface area contributed by atoms with Crippen LogP contribution in [0.5, 0.6) is 0 Å². The molecule has 1 heterocycles. The van der Waals surface area contributed by atoms with E-state index in [0.717, 1.165) is 37.5 Å². The summed E-state index contributed by atoms with van der Waals surface area (Å²) in [4.78, 5) is 16.6. The number of carbonyl (C=O) groups excluding carboxylic acids is 1. The van der Waals surface area contributed by atoms with Gasteiger partial charge in [-0.05, 0) is 64.1 Å². The average Bonchev–Trinajstić information content (AvgIpc) is 3.06. The van der Waals surface area contributed by atoms with Crippen LogP contribution in [0.1, 0.15) is 39.2 Å². The molecule has 0 aromatic heterocycles. The fourth-order valence-electron chi connectivity index (χ4n) is 4.13. The Labute approximate surface area is 156 Å².